The van der Waals surface area contributed by atoms with Gasteiger partial charge in [0.1, 0.15) is 11.6 Å². The highest BCUT2D eigenvalue weighted by Gasteiger charge is 2.20. The second kappa shape index (κ2) is 10.7. The molecule has 0 atom stereocenters. The van der Waals surface area contributed by atoms with Crippen LogP contribution in [0.1, 0.15) is 50.7 Å². The zero-order valence-electron chi connectivity index (χ0n) is 22.2. The molecule has 0 aliphatic rings. The second-order valence-electron chi connectivity index (χ2n) is 10.3. The SMILES string of the molecule is CC(C)c1cc(-c2ccccc2)cc(C(C)C)c1-c1cc(-c2ccc(F)cc2)nc(-c2ccc(F)cc2)c1. The highest BCUT2D eigenvalue weighted by molar-refractivity contribution is 5.83. The Kier molecular flexibility index (Phi) is 7.20. The Bertz CT molecular complexity index is 1460. The highest BCUT2D eigenvalue weighted by atomic mass is 19.1. The molecule has 0 aliphatic heterocycles. The molecular formula is C35H31F2N. The summed E-state index contributed by atoms with van der Waals surface area (Å²) in [6.07, 6.45) is 0. The molecule has 5 rings (SSSR count). The van der Waals surface area contributed by atoms with Gasteiger partial charge in [-0.2, -0.15) is 0 Å². The fourth-order valence-electron chi connectivity index (χ4n) is 4.94. The fraction of sp³-hybridized carbons (Fsp3) is 0.171. The van der Waals surface area contributed by atoms with Crippen LogP contribution in [0.25, 0.3) is 44.8 Å². The quantitative estimate of drug-likeness (QED) is 0.225. The Morgan fingerprint density at radius 2 is 0.921 bits per heavy atom. The fourth-order valence-corrected chi connectivity index (χ4v) is 4.94. The number of hydrogen-bond donors (Lipinski definition) is 0. The monoisotopic (exact) mass is 503 g/mol. The average molecular weight is 504 g/mol. The third kappa shape index (κ3) is 5.28. The lowest BCUT2D eigenvalue weighted by Gasteiger charge is -2.23. The van der Waals surface area contributed by atoms with Crippen molar-refractivity contribution in [2.75, 3.05) is 0 Å². The van der Waals surface area contributed by atoms with Gasteiger partial charge < -0.3 is 0 Å². The summed E-state index contributed by atoms with van der Waals surface area (Å²) in [6, 6.07) is 32.1. The van der Waals surface area contributed by atoms with E-state index in [9.17, 15) is 8.78 Å². The van der Waals surface area contributed by atoms with Gasteiger partial charge in [0.15, 0.2) is 0 Å². The van der Waals surface area contributed by atoms with Crippen LogP contribution in [0.2, 0.25) is 0 Å². The molecule has 0 spiro atoms. The van der Waals surface area contributed by atoms with Crippen LogP contribution in [0.15, 0.2) is 103 Å². The zero-order valence-corrected chi connectivity index (χ0v) is 22.2. The summed E-state index contributed by atoms with van der Waals surface area (Å²) < 4.78 is 27.5. The van der Waals surface area contributed by atoms with Crippen molar-refractivity contribution in [2.45, 2.75) is 39.5 Å². The predicted octanol–water partition coefficient (Wildman–Crippen LogP) is 10.3. The van der Waals surface area contributed by atoms with Crippen molar-refractivity contribution < 1.29 is 8.78 Å². The van der Waals surface area contributed by atoms with Gasteiger partial charge in [-0.1, -0.05) is 70.2 Å². The Morgan fingerprint density at radius 1 is 0.474 bits per heavy atom. The predicted molar refractivity (Wildman–Crippen MR) is 154 cm³/mol. The smallest absolute Gasteiger partial charge is 0.123 e. The zero-order chi connectivity index (χ0) is 26.8. The van der Waals surface area contributed by atoms with Crippen molar-refractivity contribution in [1.29, 1.82) is 0 Å². The maximum atomic E-state index is 13.7. The molecule has 38 heavy (non-hydrogen) atoms. The lowest BCUT2D eigenvalue weighted by molar-refractivity contribution is 0.627. The largest absolute Gasteiger partial charge is 0.248 e. The van der Waals surface area contributed by atoms with E-state index in [1.807, 2.05) is 6.07 Å². The third-order valence-electron chi connectivity index (χ3n) is 6.94. The van der Waals surface area contributed by atoms with E-state index < -0.39 is 0 Å². The Morgan fingerprint density at radius 3 is 1.34 bits per heavy atom. The highest BCUT2D eigenvalue weighted by Crippen LogP contribution is 2.41. The van der Waals surface area contributed by atoms with E-state index >= 15 is 0 Å². The molecule has 3 heteroatoms. The van der Waals surface area contributed by atoms with E-state index in [0.717, 1.165) is 28.1 Å². The standard InChI is InChI=1S/C35H31F2N/c1-22(2)31-18-27(24-8-6-5-7-9-24)19-32(23(3)4)35(31)28-20-33(25-10-14-29(36)15-11-25)38-34(21-28)26-12-16-30(37)17-13-26/h5-23H,1-4H3. The summed E-state index contributed by atoms with van der Waals surface area (Å²) >= 11 is 0. The summed E-state index contributed by atoms with van der Waals surface area (Å²) in [5.74, 6) is -0.0144. The summed E-state index contributed by atoms with van der Waals surface area (Å²) in [5.41, 5.74) is 10.3. The summed E-state index contributed by atoms with van der Waals surface area (Å²) in [7, 11) is 0. The average Bonchev–Trinajstić information content (AvgIpc) is 2.93. The normalized spacial score (nSPS) is 11.4. The maximum absolute atomic E-state index is 13.7. The molecular weight excluding hydrogens is 472 g/mol. The van der Waals surface area contributed by atoms with Crippen molar-refractivity contribution in [1.82, 2.24) is 4.98 Å². The van der Waals surface area contributed by atoms with Crippen molar-refractivity contribution in [2.24, 2.45) is 0 Å². The van der Waals surface area contributed by atoms with E-state index in [2.05, 4.69) is 76.2 Å². The van der Waals surface area contributed by atoms with Crippen LogP contribution in [0.5, 0.6) is 0 Å². The number of benzene rings is 4. The molecule has 0 saturated carbocycles. The lowest BCUT2D eigenvalue weighted by Crippen LogP contribution is -2.02. The van der Waals surface area contributed by atoms with E-state index in [1.165, 1.54) is 52.1 Å². The molecule has 0 fully saturated rings. The molecule has 1 nitrogen and oxygen atoms in total. The van der Waals surface area contributed by atoms with Gasteiger partial charge in [0, 0.05) is 11.1 Å². The van der Waals surface area contributed by atoms with Crippen molar-refractivity contribution >= 4 is 0 Å². The first-order chi connectivity index (χ1) is 18.3. The van der Waals surface area contributed by atoms with E-state index in [4.69, 9.17) is 4.98 Å². The summed E-state index contributed by atoms with van der Waals surface area (Å²) in [4.78, 5) is 4.93. The maximum Gasteiger partial charge on any atom is 0.123 e. The molecule has 0 amide bonds. The Balaban J connectivity index is 1.79. The molecule has 0 N–H and O–H groups in total. The van der Waals surface area contributed by atoms with Gasteiger partial charge in [-0.15, -0.1) is 0 Å². The van der Waals surface area contributed by atoms with Gasteiger partial charge in [0.2, 0.25) is 0 Å². The number of rotatable bonds is 6. The van der Waals surface area contributed by atoms with Gasteiger partial charge in [-0.3, -0.25) is 0 Å². The summed E-state index contributed by atoms with van der Waals surface area (Å²) in [6.45, 7) is 8.89. The number of nitrogens with zero attached hydrogens (tertiary/aromatic N) is 1. The summed E-state index contributed by atoms with van der Waals surface area (Å²) in [5, 5.41) is 0. The van der Waals surface area contributed by atoms with E-state index in [1.54, 1.807) is 24.3 Å². The van der Waals surface area contributed by atoms with Gasteiger partial charge in [0.25, 0.3) is 0 Å². The first-order valence-electron chi connectivity index (χ1n) is 13.1. The topological polar surface area (TPSA) is 12.9 Å². The van der Waals surface area contributed by atoms with Crippen molar-refractivity contribution in [3.63, 3.8) is 0 Å². The number of halogens is 2. The number of hydrogen-bond acceptors (Lipinski definition) is 1. The van der Waals surface area contributed by atoms with Crippen LogP contribution in [0.3, 0.4) is 0 Å². The van der Waals surface area contributed by atoms with E-state index in [-0.39, 0.29) is 23.5 Å². The molecule has 4 aromatic carbocycles. The third-order valence-corrected chi connectivity index (χ3v) is 6.94. The van der Waals surface area contributed by atoms with Gasteiger partial charge in [-0.25, -0.2) is 13.8 Å². The minimum Gasteiger partial charge on any atom is -0.248 e. The van der Waals surface area contributed by atoms with Crippen LogP contribution in [0.4, 0.5) is 8.78 Å². The van der Waals surface area contributed by atoms with Crippen molar-refractivity contribution in [3.8, 4) is 44.8 Å². The molecule has 0 aliphatic carbocycles. The van der Waals surface area contributed by atoms with Crippen LogP contribution >= 0.6 is 0 Å². The molecule has 1 heterocycles. The molecule has 0 radical (unpaired) electrons. The minimum atomic E-state index is -0.288. The minimum absolute atomic E-state index is 0.280. The lowest BCUT2D eigenvalue weighted by atomic mass is 9.82. The van der Waals surface area contributed by atoms with Crippen LogP contribution in [-0.2, 0) is 0 Å². The van der Waals surface area contributed by atoms with Gasteiger partial charge in [-0.05, 0) is 106 Å². The Labute approximate surface area is 223 Å². The molecule has 0 unspecified atom stereocenters. The first-order valence-corrected chi connectivity index (χ1v) is 13.1. The number of pyridine rings is 1. The van der Waals surface area contributed by atoms with Crippen LogP contribution in [0, 0.1) is 11.6 Å². The Hall–Kier alpha value is -4.11. The van der Waals surface area contributed by atoms with Crippen molar-refractivity contribution in [3.05, 3.63) is 126 Å². The van der Waals surface area contributed by atoms with E-state index in [0.29, 0.717) is 0 Å². The number of aromatic nitrogens is 1. The molecule has 5 aromatic rings. The molecule has 0 bridgehead atoms. The van der Waals surface area contributed by atoms with Crippen LogP contribution < -0.4 is 0 Å². The van der Waals surface area contributed by atoms with Crippen LogP contribution in [-0.4, -0.2) is 4.98 Å². The van der Waals surface area contributed by atoms with Gasteiger partial charge in [0.05, 0.1) is 11.4 Å². The molecule has 1 aromatic heterocycles. The second-order valence-corrected chi connectivity index (χ2v) is 10.3. The molecule has 0 saturated heterocycles. The molecule has 190 valence electrons. The van der Waals surface area contributed by atoms with Gasteiger partial charge >= 0.3 is 0 Å². The first kappa shape index (κ1) is 25.5.